The maximum absolute atomic E-state index is 13.6. The SMILES string of the molecule is NC(=O)CN1C(=O)S/C(=C\c2c(F)cccc2Cl)C1=O. The van der Waals surface area contributed by atoms with Crippen molar-refractivity contribution in [3.63, 3.8) is 0 Å². The van der Waals surface area contributed by atoms with Crippen molar-refractivity contribution in [2.45, 2.75) is 0 Å². The topological polar surface area (TPSA) is 80.5 Å². The van der Waals surface area contributed by atoms with Crippen LogP contribution < -0.4 is 5.73 Å². The molecule has 0 unspecified atom stereocenters. The van der Waals surface area contributed by atoms with Crippen molar-refractivity contribution in [2.24, 2.45) is 5.73 Å². The Morgan fingerprint density at radius 3 is 2.75 bits per heavy atom. The average molecular weight is 315 g/mol. The summed E-state index contributed by atoms with van der Waals surface area (Å²) in [5.41, 5.74) is 4.96. The monoisotopic (exact) mass is 314 g/mol. The van der Waals surface area contributed by atoms with Gasteiger partial charge in [-0.3, -0.25) is 19.3 Å². The summed E-state index contributed by atoms with van der Waals surface area (Å²) in [6, 6.07) is 4.07. The molecular formula is C12H8ClFN2O3S. The molecule has 1 fully saturated rings. The number of nitrogens with two attached hydrogens (primary N) is 1. The molecule has 1 aliphatic rings. The van der Waals surface area contributed by atoms with Gasteiger partial charge in [0.25, 0.3) is 11.1 Å². The number of nitrogens with zero attached hydrogens (tertiary/aromatic N) is 1. The Morgan fingerprint density at radius 1 is 1.45 bits per heavy atom. The number of imide groups is 1. The second kappa shape index (κ2) is 5.64. The summed E-state index contributed by atoms with van der Waals surface area (Å²) >= 11 is 6.44. The lowest BCUT2D eigenvalue weighted by atomic mass is 10.2. The van der Waals surface area contributed by atoms with Gasteiger partial charge in [0, 0.05) is 5.56 Å². The van der Waals surface area contributed by atoms with Gasteiger partial charge >= 0.3 is 0 Å². The summed E-state index contributed by atoms with van der Waals surface area (Å²) in [6.45, 7) is -0.507. The fourth-order valence-corrected chi connectivity index (χ4v) is 2.61. The molecule has 1 heterocycles. The molecule has 1 saturated heterocycles. The third kappa shape index (κ3) is 2.83. The van der Waals surface area contributed by atoms with Crippen LogP contribution in [0.2, 0.25) is 5.02 Å². The predicted octanol–water partition coefficient (Wildman–Crippen LogP) is 2.00. The van der Waals surface area contributed by atoms with Crippen LogP contribution in [-0.4, -0.2) is 28.5 Å². The van der Waals surface area contributed by atoms with E-state index in [4.69, 9.17) is 17.3 Å². The summed E-state index contributed by atoms with van der Waals surface area (Å²) in [5, 5.41) is -0.515. The Balaban J connectivity index is 2.35. The van der Waals surface area contributed by atoms with Gasteiger partial charge in [-0.2, -0.15) is 0 Å². The van der Waals surface area contributed by atoms with E-state index in [1.807, 2.05) is 0 Å². The molecule has 1 aromatic rings. The highest BCUT2D eigenvalue weighted by Gasteiger charge is 2.36. The summed E-state index contributed by atoms with van der Waals surface area (Å²) < 4.78 is 13.6. The number of benzene rings is 1. The van der Waals surface area contributed by atoms with E-state index >= 15 is 0 Å². The minimum atomic E-state index is -0.808. The molecule has 5 nitrogen and oxygen atoms in total. The first kappa shape index (κ1) is 14.5. The number of amides is 3. The molecule has 0 aliphatic carbocycles. The lowest BCUT2D eigenvalue weighted by molar-refractivity contribution is -0.127. The van der Waals surface area contributed by atoms with E-state index in [9.17, 15) is 18.8 Å². The van der Waals surface area contributed by atoms with Gasteiger partial charge in [-0.05, 0) is 30.0 Å². The van der Waals surface area contributed by atoms with Crippen LogP contribution in [0.5, 0.6) is 0 Å². The first-order valence-electron chi connectivity index (χ1n) is 5.38. The van der Waals surface area contributed by atoms with Crippen molar-refractivity contribution in [1.82, 2.24) is 4.90 Å². The Kier molecular flexibility index (Phi) is 4.10. The highest BCUT2D eigenvalue weighted by atomic mass is 35.5. The third-order valence-electron chi connectivity index (χ3n) is 2.46. The zero-order chi connectivity index (χ0) is 14.9. The Labute approximate surface area is 122 Å². The molecule has 1 aromatic carbocycles. The number of rotatable bonds is 3. The van der Waals surface area contributed by atoms with Crippen molar-refractivity contribution in [3.8, 4) is 0 Å². The number of carbonyl (C=O) groups is 3. The van der Waals surface area contributed by atoms with Gasteiger partial charge in [0.1, 0.15) is 12.4 Å². The lowest BCUT2D eigenvalue weighted by Crippen LogP contribution is -2.36. The molecule has 0 radical (unpaired) electrons. The zero-order valence-electron chi connectivity index (χ0n) is 9.93. The number of carbonyl (C=O) groups excluding carboxylic acids is 3. The zero-order valence-corrected chi connectivity index (χ0v) is 11.5. The van der Waals surface area contributed by atoms with Crippen LogP contribution in [0.15, 0.2) is 23.1 Å². The Bertz CT molecular complexity index is 627. The van der Waals surface area contributed by atoms with E-state index in [1.54, 1.807) is 0 Å². The van der Waals surface area contributed by atoms with Crippen LogP contribution >= 0.6 is 23.4 Å². The van der Waals surface area contributed by atoms with E-state index in [0.717, 1.165) is 0 Å². The molecule has 0 saturated carbocycles. The molecular weight excluding hydrogens is 307 g/mol. The van der Waals surface area contributed by atoms with Crippen LogP contribution in [0.3, 0.4) is 0 Å². The summed E-state index contributed by atoms with van der Waals surface area (Å²) in [7, 11) is 0. The van der Waals surface area contributed by atoms with Gasteiger partial charge in [-0.15, -0.1) is 0 Å². The maximum Gasteiger partial charge on any atom is 0.294 e. The van der Waals surface area contributed by atoms with Crippen molar-refractivity contribution in [3.05, 3.63) is 39.5 Å². The first-order valence-corrected chi connectivity index (χ1v) is 6.57. The molecule has 0 spiro atoms. The molecule has 20 heavy (non-hydrogen) atoms. The van der Waals surface area contributed by atoms with Gasteiger partial charge in [0.15, 0.2) is 0 Å². The third-order valence-corrected chi connectivity index (χ3v) is 3.70. The minimum absolute atomic E-state index is 0.0109. The highest BCUT2D eigenvalue weighted by molar-refractivity contribution is 8.18. The van der Waals surface area contributed by atoms with E-state index in [1.165, 1.54) is 24.3 Å². The number of thioether (sulfide) groups is 1. The number of hydrogen-bond donors (Lipinski definition) is 1. The van der Waals surface area contributed by atoms with Crippen LogP contribution in [0.1, 0.15) is 5.56 Å². The van der Waals surface area contributed by atoms with E-state index < -0.39 is 29.4 Å². The molecule has 0 aromatic heterocycles. The summed E-state index contributed by atoms with van der Waals surface area (Å²) in [5.74, 6) is -2.12. The van der Waals surface area contributed by atoms with Crippen LogP contribution in [-0.2, 0) is 9.59 Å². The minimum Gasteiger partial charge on any atom is -0.368 e. The largest absolute Gasteiger partial charge is 0.368 e. The van der Waals surface area contributed by atoms with Crippen molar-refractivity contribution < 1.29 is 18.8 Å². The van der Waals surface area contributed by atoms with Gasteiger partial charge in [0.2, 0.25) is 5.91 Å². The van der Waals surface area contributed by atoms with Crippen molar-refractivity contribution >= 4 is 46.5 Å². The fraction of sp³-hybridized carbons (Fsp3) is 0.0833. The molecule has 8 heteroatoms. The van der Waals surface area contributed by atoms with Crippen LogP contribution in [0, 0.1) is 5.82 Å². The van der Waals surface area contributed by atoms with Crippen LogP contribution in [0.4, 0.5) is 9.18 Å². The maximum atomic E-state index is 13.6. The Morgan fingerprint density at radius 2 is 2.15 bits per heavy atom. The predicted molar refractivity (Wildman–Crippen MR) is 73.3 cm³/mol. The molecule has 3 amide bonds. The molecule has 0 bridgehead atoms. The molecule has 2 rings (SSSR count). The second-order valence-corrected chi connectivity index (χ2v) is 5.27. The number of primary amides is 1. The van der Waals surface area contributed by atoms with Crippen molar-refractivity contribution in [2.75, 3.05) is 6.54 Å². The van der Waals surface area contributed by atoms with Crippen molar-refractivity contribution in [1.29, 1.82) is 0 Å². The number of halogens is 2. The molecule has 104 valence electrons. The van der Waals surface area contributed by atoms with E-state index in [2.05, 4.69) is 0 Å². The summed E-state index contributed by atoms with van der Waals surface area (Å²) in [4.78, 5) is 35.0. The van der Waals surface area contributed by atoms with Gasteiger partial charge in [-0.25, -0.2) is 4.39 Å². The normalized spacial score (nSPS) is 17.1. The summed E-state index contributed by atoms with van der Waals surface area (Å²) in [6.07, 6.45) is 1.18. The van der Waals surface area contributed by atoms with E-state index in [-0.39, 0.29) is 15.5 Å². The van der Waals surface area contributed by atoms with Crippen LogP contribution in [0.25, 0.3) is 6.08 Å². The number of hydrogen-bond acceptors (Lipinski definition) is 4. The van der Waals surface area contributed by atoms with E-state index in [0.29, 0.717) is 16.7 Å². The fourth-order valence-electron chi connectivity index (χ4n) is 1.57. The average Bonchev–Trinajstić information content (AvgIpc) is 2.61. The quantitative estimate of drug-likeness (QED) is 0.865. The van der Waals surface area contributed by atoms with Gasteiger partial charge in [-0.1, -0.05) is 17.7 Å². The lowest BCUT2D eigenvalue weighted by Gasteiger charge is -2.08. The second-order valence-electron chi connectivity index (χ2n) is 3.87. The van der Waals surface area contributed by atoms with Gasteiger partial charge in [0.05, 0.1) is 9.93 Å². The standard InChI is InChI=1S/C12H8ClFN2O3S/c13-7-2-1-3-8(14)6(7)4-9-11(18)16(5-10(15)17)12(19)20-9/h1-4H,5H2,(H2,15,17)/b9-4-. The Hall–Kier alpha value is -1.86. The smallest absolute Gasteiger partial charge is 0.294 e. The molecule has 2 N–H and O–H groups in total. The first-order chi connectivity index (χ1) is 9.40. The highest BCUT2D eigenvalue weighted by Crippen LogP contribution is 2.33. The molecule has 0 atom stereocenters. The van der Waals surface area contributed by atoms with Gasteiger partial charge < -0.3 is 5.73 Å². The molecule has 1 aliphatic heterocycles.